The van der Waals surface area contributed by atoms with Crippen LogP contribution in [0.5, 0.6) is 0 Å². The first-order valence-corrected chi connectivity index (χ1v) is 6.24. The Hall–Kier alpha value is -1.09. The zero-order chi connectivity index (χ0) is 11.5. The normalized spacial score (nSPS) is 10.1. The van der Waals surface area contributed by atoms with Crippen molar-refractivity contribution < 1.29 is 4.79 Å². The molecule has 5 nitrogen and oxygen atoms in total. The molecule has 1 amide bonds. The van der Waals surface area contributed by atoms with E-state index in [9.17, 15) is 4.79 Å². The Morgan fingerprint density at radius 3 is 2.88 bits per heavy atom. The quantitative estimate of drug-likeness (QED) is 0.846. The Balaban J connectivity index is 2.14. The second-order valence-electron chi connectivity index (χ2n) is 3.00. The van der Waals surface area contributed by atoms with E-state index >= 15 is 0 Å². The van der Waals surface area contributed by atoms with Crippen LogP contribution in [0, 0.1) is 10.5 Å². The topological polar surface area (TPSA) is 67.8 Å². The largest absolute Gasteiger partial charge is 0.306 e. The molecule has 2 heterocycles. The number of pyridine rings is 1. The third-order valence-electron chi connectivity index (χ3n) is 1.83. The van der Waals surface area contributed by atoms with Crippen molar-refractivity contribution in [3.05, 3.63) is 32.5 Å². The van der Waals surface area contributed by atoms with Crippen LogP contribution in [0.3, 0.4) is 0 Å². The van der Waals surface area contributed by atoms with Crippen LogP contribution in [0.2, 0.25) is 0 Å². The lowest BCUT2D eigenvalue weighted by atomic mass is 10.3. The summed E-state index contributed by atoms with van der Waals surface area (Å²) in [6, 6.07) is 3.63. The molecule has 0 aliphatic carbocycles. The molecular weight excluding hydrogens is 339 g/mol. The maximum atomic E-state index is 11.8. The van der Waals surface area contributed by atoms with E-state index in [1.807, 2.05) is 6.07 Å². The van der Waals surface area contributed by atoms with Gasteiger partial charge in [0.1, 0.15) is 10.7 Å². The molecule has 16 heavy (non-hydrogen) atoms. The number of carbonyl (C=O) groups is 1. The smallest absolute Gasteiger partial charge is 0.270 e. The summed E-state index contributed by atoms with van der Waals surface area (Å²) in [5, 5.41) is 6.47. The summed E-state index contributed by atoms with van der Waals surface area (Å²) in [4.78, 5) is 16.4. The van der Waals surface area contributed by atoms with Crippen molar-refractivity contribution >= 4 is 45.8 Å². The summed E-state index contributed by atoms with van der Waals surface area (Å²) in [6.07, 6.45) is 1.69. The summed E-state index contributed by atoms with van der Waals surface area (Å²) in [6.45, 7) is 1.75. The van der Waals surface area contributed by atoms with E-state index in [1.165, 1.54) is 0 Å². The van der Waals surface area contributed by atoms with Crippen LogP contribution >= 0.6 is 34.1 Å². The lowest BCUT2D eigenvalue weighted by Gasteiger charge is -2.02. The van der Waals surface area contributed by atoms with E-state index in [0.29, 0.717) is 16.4 Å². The first-order chi connectivity index (χ1) is 7.66. The van der Waals surface area contributed by atoms with Crippen LogP contribution in [0.25, 0.3) is 0 Å². The Morgan fingerprint density at radius 2 is 2.31 bits per heavy atom. The van der Waals surface area contributed by atoms with Gasteiger partial charge in [0.05, 0.1) is 5.69 Å². The molecule has 0 aromatic carbocycles. The molecule has 2 aromatic rings. The van der Waals surface area contributed by atoms with Gasteiger partial charge >= 0.3 is 0 Å². The third kappa shape index (κ3) is 2.53. The number of rotatable bonds is 2. The molecule has 0 bridgehead atoms. The Morgan fingerprint density at radius 1 is 1.50 bits per heavy atom. The lowest BCUT2D eigenvalue weighted by Crippen LogP contribution is -2.12. The fourth-order valence-electron chi connectivity index (χ4n) is 1.06. The van der Waals surface area contributed by atoms with Crippen molar-refractivity contribution in [2.24, 2.45) is 0 Å². The Kier molecular flexibility index (Phi) is 3.44. The number of carbonyl (C=O) groups excluding carboxylic acids is 1. The number of aromatic nitrogens is 3. The van der Waals surface area contributed by atoms with Crippen LogP contribution in [0.4, 0.5) is 5.82 Å². The van der Waals surface area contributed by atoms with Gasteiger partial charge in [-0.3, -0.25) is 4.79 Å². The van der Waals surface area contributed by atoms with Gasteiger partial charge in [-0.25, -0.2) is 4.98 Å². The number of amides is 1. The molecule has 0 radical (unpaired) electrons. The summed E-state index contributed by atoms with van der Waals surface area (Å²) in [5.41, 5.74) is 0.632. The van der Waals surface area contributed by atoms with Crippen molar-refractivity contribution in [1.82, 2.24) is 14.6 Å². The van der Waals surface area contributed by atoms with Gasteiger partial charge in [0.25, 0.3) is 5.91 Å². The summed E-state index contributed by atoms with van der Waals surface area (Å²) >= 11 is 3.23. The molecule has 0 aliphatic heterocycles. The van der Waals surface area contributed by atoms with Crippen LogP contribution < -0.4 is 5.32 Å². The fourth-order valence-corrected chi connectivity index (χ4v) is 1.93. The SMILES string of the molecule is Cc1nnsc1C(=O)Nc1ccc(I)cn1. The zero-order valence-corrected chi connectivity index (χ0v) is 11.2. The van der Waals surface area contributed by atoms with E-state index in [1.54, 1.807) is 19.2 Å². The minimum absolute atomic E-state index is 0.221. The Labute approximate surface area is 110 Å². The van der Waals surface area contributed by atoms with Crippen molar-refractivity contribution in [3.8, 4) is 0 Å². The first-order valence-electron chi connectivity index (χ1n) is 4.38. The molecule has 2 rings (SSSR count). The fraction of sp³-hybridized carbons (Fsp3) is 0.111. The van der Waals surface area contributed by atoms with Crippen LogP contribution in [0.15, 0.2) is 18.3 Å². The summed E-state index contributed by atoms with van der Waals surface area (Å²) in [5.74, 6) is 0.305. The van der Waals surface area contributed by atoms with Gasteiger partial charge in [-0.1, -0.05) is 4.49 Å². The third-order valence-corrected chi connectivity index (χ3v) is 3.29. The highest BCUT2D eigenvalue weighted by molar-refractivity contribution is 14.1. The number of nitrogens with one attached hydrogen (secondary N) is 1. The van der Waals surface area contributed by atoms with E-state index in [-0.39, 0.29) is 5.91 Å². The minimum Gasteiger partial charge on any atom is -0.306 e. The van der Waals surface area contributed by atoms with Crippen molar-refractivity contribution in [1.29, 1.82) is 0 Å². The van der Waals surface area contributed by atoms with Crippen molar-refractivity contribution in [3.63, 3.8) is 0 Å². The minimum atomic E-state index is -0.221. The van der Waals surface area contributed by atoms with Gasteiger partial charge in [-0.05, 0) is 53.2 Å². The number of aryl methyl sites for hydroxylation is 1. The highest BCUT2D eigenvalue weighted by Gasteiger charge is 2.13. The molecule has 0 saturated carbocycles. The second kappa shape index (κ2) is 4.83. The molecule has 0 fully saturated rings. The summed E-state index contributed by atoms with van der Waals surface area (Å²) < 4.78 is 4.73. The molecule has 0 aliphatic rings. The number of halogens is 1. The lowest BCUT2D eigenvalue weighted by molar-refractivity contribution is 0.102. The van der Waals surface area contributed by atoms with E-state index < -0.39 is 0 Å². The monoisotopic (exact) mass is 346 g/mol. The number of nitrogens with zero attached hydrogens (tertiary/aromatic N) is 3. The van der Waals surface area contributed by atoms with Gasteiger partial charge in [-0.2, -0.15) is 0 Å². The van der Waals surface area contributed by atoms with Gasteiger partial charge in [0.15, 0.2) is 0 Å². The average molecular weight is 346 g/mol. The molecular formula is C9H7IN4OS. The maximum Gasteiger partial charge on any atom is 0.270 e. The second-order valence-corrected chi connectivity index (χ2v) is 5.00. The highest BCUT2D eigenvalue weighted by Crippen LogP contribution is 2.12. The van der Waals surface area contributed by atoms with E-state index in [0.717, 1.165) is 15.1 Å². The van der Waals surface area contributed by atoms with Gasteiger partial charge in [-0.15, -0.1) is 5.10 Å². The molecule has 0 saturated heterocycles. The first kappa shape index (κ1) is 11.4. The standard InChI is InChI=1S/C9H7IN4OS/c1-5-8(16-14-13-5)9(15)12-7-3-2-6(10)4-11-7/h2-4H,1H3,(H,11,12,15). The molecule has 7 heteroatoms. The molecule has 1 N–H and O–H groups in total. The zero-order valence-electron chi connectivity index (χ0n) is 8.27. The van der Waals surface area contributed by atoms with Crippen LogP contribution in [0.1, 0.15) is 15.4 Å². The van der Waals surface area contributed by atoms with E-state index in [4.69, 9.17) is 0 Å². The number of anilines is 1. The van der Waals surface area contributed by atoms with E-state index in [2.05, 4.69) is 42.5 Å². The van der Waals surface area contributed by atoms with Crippen LogP contribution in [-0.2, 0) is 0 Å². The molecule has 0 atom stereocenters. The highest BCUT2D eigenvalue weighted by atomic mass is 127. The van der Waals surface area contributed by atoms with Gasteiger partial charge in [0.2, 0.25) is 0 Å². The van der Waals surface area contributed by atoms with Gasteiger partial charge in [0, 0.05) is 9.77 Å². The molecule has 0 unspecified atom stereocenters. The molecule has 0 spiro atoms. The number of hydrogen-bond donors (Lipinski definition) is 1. The average Bonchev–Trinajstić information content (AvgIpc) is 2.68. The van der Waals surface area contributed by atoms with Crippen molar-refractivity contribution in [2.75, 3.05) is 5.32 Å². The Bertz CT molecular complexity index is 510. The predicted octanol–water partition coefficient (Wildman–Crippen LogP) is 2.10. The maximum absolute atomic E-state index is 11.8. The molecule has 82 valence electrons. The summed E-state index contributed by atoms with van der Waals surface area (Å²) in [7, 11) is 0. The van der Waals surface area contributed by atoms with Gasteiger partial charge < -0.3 is 5.32 Å². The van der Waals surface area contributed by atoms with Crippen LogP contribution in [-0.4, -0.2) is 20.5 Å². The predicted molar refractivity (Wildman–Crippen MR) is 69.6 cm³/mol. The van der Waals surface area contributed by atoms with Crippen molar-refractivity contribution in [2.45, 2.75) is 6.92 Å². The molecule has 2 aromatic heterocycles. The number of hydrogen-bond acceptors (Lipinski definition) is 5.